The zero-order valence-corrected chi connectivity index (χ0v) is 24.7. The largest absolute Gasteiger partial charge is 0.497 e. The number of para-hydroxylation sites is 1. The average Bonchev–Trinajstić information content (AvgIpc) is 3.00. The molecule has 0 aromatic heterocycles. The minimum absolute atomic E-state index is 0.558. The van der Waals surface area contributed by atoms with Crippen molar-refractivity contribution in [2.24, 2.45) is 4.99 Å². The molecule has 0 spiro atoms. The molecule has 0 saturated carbocycles. The molecule has 0 radical (unpaired) electrons. The van der Waals surface area contributed by atoms with Crippen molar-refractivity contribution >= 4 is 34.6 Å². The Morgan fingerprint density at radius 1 is 1.02 bits per heavy atom. The first-order valence-corrected chi connectivity index (χ1v) is 14.9. The maximum absolute atomic E-state index is 9.55. The summed E-state index contributed by atoms with van der Waals surface area (Å²) in [5, 5.41) is 16.8. The molecule has 4 rings (SSSR count). The SMILES string of the molecule is COc1ccc(CCOCCCCN2CCC(N(C)C3=Nc4ccccc4CS3)CC2)cc1.O=C(O)/C=C/C(=O)O. The number of nitrogens with zero attached hydrogens (tertiary/aromatic N) is 3. The molecule has 2 heterocycles. The van der Waals surface area contributed by atoms with Gasteiger partial charge in [0.1, 0.15) is 5.75 Å². The van der Waals surface area contributed by atoms with E-state index >= 15 is 0 Å². The van der Waals surface area contributed by atoms with Crippen molar-refractivity contribution in [3.63, 3.8) is 0 Å². The third-order valence-corrected chi connectivity index (χ3v) is 8.14. The Morgan fingerprint density at radius 2 is 1.71 bits per heavy atom. The molecule has 222 valence electrons. The number of benzene rings is 2. The number of fused-ring (bicyclic) bond motifs is 1. The lowest BCUT2D eigenvalue weighted by Crippen LogP contribution is -2.45. The van der Waals surface area contributed by atoms with Crippen LogP contribution in [0.1, 0.15) is 36.8 Å². The maximum atomic E-state index is 9.55. The third-order valence-electron chi connectivity index (χ3n) is 7.05. The number of hydrogen-bond acceptors (Lipinski definition) is 8. The second-order valence-electron chi connectivity index (χ2n) is 9.92. The number of aliphatic imine (C=N–C) groups is 1. The van der Waals surface area contributed by atoms with Crippen molar-refractivity contribution in [1.29, 1.82) is 0 Å². The lowest BCUT2D eigenvalue weighted by molar-refractivity contribution is -0.134. The van der Waals surface area contributed by atoms with E-state index < -0.39 is 11.9 Å². The van der Waals surface area contributed by atoms with E-state index in [9.17, 15) is 9.59 Å². The van der Waals surface area contributed by atoms with Crippen LogP contribution in [0.5, 0.6) is 5.75 Å². The van der Waals surface area contributed by atoms with Crippen molar-refractivity contribution in [3.05, 3.63) is 71.8 Å². The minimum atomic E-state index is -1.26. The Labute approximate surface area is 246 Å². The van der Waals surface area contributed by atoms with Gasteiger partial charge in [-0.15, -0.1) is 0 Å². The number of carboxylic acids is 2. The Bertz CT molecular complexity index is 1150. The minimum Gasteiger partial charge on any atom is -0.497 e. The van der Waals surface area contributed by atoms with Crippen molar-refractivity contribution in [2.75, 3.05) is 47.0 Å². The Kier molecular flexibility index (Phi) is 13.7. The van der Waals surface area contributed by atoms with Gasteiger partial charge in [0, 0.05) is 50.7 Å². The van der Waals surface area contributed by atoms with Gasteiger partial charge in [0.25, 0.3) is 0 Å². The summed E-state index contributed by atoms with van der Waals surface area (Å²) in [7, 11) is 3.92. The standard InChI is InChI=1S/C27H37N3O2S.C4H4O4/c1-29(27-28-26-8-4-3-7-23(26)21-33-27)24-13-17-30(18-14-24)16-5-6-19-32-20-15-22-9-11-25(31-2)12-10-22;5-3(6)1-2-4(7)8/h3-4,7-12,24H,5-6,13-21H2,1-2H3;1-2H,(H,5,6)(H,7,8)/b;2-1+. The van der Waals surface area contributed by atoms with Gasteiger partial charge < -0.3 is 29.5 Å². The van der Waals surface area contributed by atoms with Gasteiger partial charge >= 0.3 is 11.9 Å². The van der Waals surface area contributed by atoms with Crippen LogP contribution in [0.2, 0.25) is 0 Å². The van der Waals surface area contributed by atoms with Crippen molar-refractivity contribution in [1.82, 2.24) is 9.80 Å². The van der Waals surface area contributed by atoms with Crippen LogP contribution in [0.3, 0.4) is 0 Å². The normalized spacial score (nSPS) is 15.4. The van der Waals surface area contributed by atoms with E-state index in [0.29, 0.717) is 18.2 Å². The third kappa shape index (κ3) is 11.6. The predicted octanol–water partition coefficient (Wildman–Crippen LogP) is 5.08. The zero-order chi connectivity index (χ0) is 29.5. The number of piperidine rings is 1. The van der Waals surface area contributed by atoms with E-state index in [1.54, 1.807) is 7.11 Å². The lowest BCUT2D eigenvalue weighted by atomic mass is 10.0. The molecular formula is C31H41N3O6S. The average molecular weight is 584 g/mol. The molecule has 0 bridgehead atoms. The van der Waals surface area contributed by atoms with Crippen molar-refractivity contribution in [2.45, 2.75) is 43.9 Å². The Morgan fingerprint density at radius 3 is 2.37 bits per heavy atom. The van der Waals surface area contributed by atoms with Gasteiger partial charge in [0.15, 0.2) is 5.17 Å². The van der Waals surface area contributed by atoms with Crippen LogP contribution >= 0.6 is 11.8 Å². The van der Waals surface area contributed by atoms with Crippen LogP contribution < -0.4 is 4.74 Å². The quantitative estimate of drug-likeness (QED) is 0.261. The van der Waals surface area contributed by atoms with E-state index in [0.717, 1.165) is 43.2 Å². The molecule has 2 aliphatic heterocycles. The molecule has 10 heteroatoms. The van der Waals surface area contributed by atoms with Crippen LogP contribution in [0, 0.1) is 0 Å². The molecule has 0 atom stereocenters. The summed E-state index contributed by atoms with van der Waals surface area (Å²) in [5.41, 5.74) is 3.78. The van der Waals surface area contributed by atoms with Gasteiger partial charge in [-0.3, -0.25) is 0 Å². The van der Waals surface area contributed by atoms with Crippen LogP contribution in [0.15, 0.2) is 65.7 Å². The fourth-order valence-corrected chi connectivity index (χ4v) is 5.70. The lowest BCUT2D eigenvalue weighted by Gasteiger charge is -2.38. The molecule has 1 saturated heterocycles. The Balaban J connectivity index is 0.000000507. The molecule has 2 aliphatic rings. The number of aliphatic carboxylic acids is 2. The molecule has 9 nitrogen and oxygen atoms in total. The van der Waals surface area contributed by atoms with Gasteiger partial charge in [0.2, 0.25) is 0 Å². The second kappa shape index (κ2) is 17.5. The monoisotopic (exact) mass is 583 g/mol. The number of amidine groups is 1. The fourth-order valence-electron chi connectivity index (χ4n) is 4.65. The number of carbonyl (C=O) groups is 2. The van der Waals surface area contributed by atoms with E-state index in [1.807, 2.05) is 23.9 Å². The number of hydrogen-bond donors (Lipinski definition) is 2. The summed E-state index contributed by atoms with van der Waals surface area (Å²) in [5.74, 6) is -0.581. The molecule has 2 aromatic carbocycles. The molecule has 41 heavy (non-hydrogen) atoms. The topological polar surface area (TPSA) is 112 Å². The number of ether oxygens (including phenoxy) is 2. The van der Waals surface area contributed by atoms with Gasteiger partial charge in [-0.25, -0.2) is 14.6 Å². The van der Waals surface area contributed by atoms with Crippen LogP contribution in [-0.2, 0) is 26.5 Å². The molecule has 0 amide bonds. The highest BCUT2D eigenvalue weighted by Crippen LogP contribution is 2.32. The molecule has 0 unspecified atom stereocenters. The van der Waals surface area contributed by atoms with E-state index in [-0.39, 0.29) is 0 Å². The maximum Gasteiger partial charge on any atom is 0.328 e. The van der Waals surface area contributed by atoms with Gasteiger partial charge in [-0.2, -0.15) is 0 Å². The van der Waals surface area contributed by atoms with Gasteiger partial charge in [-0.05, 0) is 68.0 Å². The molecule has 0 aliphatic carbocycles. The molecule has 1 fully saturated rings. The van der Waals surface area contributed by atoms with Crippen LogP contribution in [-0.4, -0.2) is 90.2 Å². The molecule has 2 N–H and O–H groups in total. The van der Waals surface area contributed by atoms with E-state index in [1.165, 1.54) is 55.2 Å². The first kappa shape index (κ1) is 32.2. The van der Waals surface area contributed by atoms with Crippen LogP contribution in [0.4, 0.5) is 5.69 Å². The molecular weight excluding hydrogens is 542 g/mol. The van der Waals surface area contributed by atoms with Gasteiger partial charge in [-0.1, -0.05) is 42.1 Å². The second-order valence-corrected chi connectivity index (χ2v) is 10.9. The molecule has 2 aromatic rings. The number of carboxylic acid groups (broad SMARTS) is 2. The highest BCUT2D eigenvalue weighted by Gasteiger charge is 2.26. The van der Waals surface area contributed by atoms with E-state index in [4.69, 9.17) is 24.7 Å². The Hall–Kier alpha value is -3.34. The smallest absolute Gasteiger partial charge is 0.328 e. The number of likely N-dealkylation sites (tertiary alicyclic amines) is 1. The van der Waals surface area contributed by atoms with Crippen molar-refractivity contribution in [3.8, 4) is 5.75 Å². The van der Waals surface area contributed by atoms with Crippen LogP contribution in [0.25, 0.3) is 0 Å². The summed E-state index contributed by atoms with van der Waals surface area (Å²) < 4.78 is 11.1. The number of unbranched alkanes of at least 4 members (excludes halogenated alkanes) is 1. The van der Waals surface area contributed by atoms with Gasteiger partial charge in [0.05, 0.1) is 19.4 Å². The summed E-state index contributed by atoms with van der Waals surface area (Å²) in [4.78, 5) is 29.1. The number of rotatable bonds is 12. The number of methoxy groups -OCH3 is 1. The highest BCUT2D eigenvalue weighted by molar-refractivity contribution is 8.13. The zero-order valence-electron chi connectivity index (χ0n) is 23.9. The highest BCUT2D eigenvalue weighted by atomic mass is 32.2. The summed E-state index contributed by atoms with van der Waals surface area (Å²) >= 11 is 1.87. The first-order valence-electron chi connectivity index (χ1n) is 13.9. The first-order chi connectivity index (χ1) is 19.9. The summed E-state index contributed by atoms with van der Waals surface area (Å²) in [6.45, 7) is 5.19. The summed E-state index contributed by atoms with van der Waals surface area (Å²) in [6.07, 6.45) is 6.86. The van der Waals surface area contributed by atoms with E-state index in [2.05, 4.69) is 53.2 Å². The fraction of sp³-hybridized carbons (Fsp3) is 0.452. The van der Waals surface area contributed by atoms with Crippen molar-refractivity contribution < 1.29 is 29.3 Å². The number of thioether (sulfide) groups is 1. The predicted molar refractivity (Wildman–Crippen MR) is 163 cm³/mol. The summed E-state index contributed by atoms with van der Waals surface area (Å²) in [6, 6.07) is 17.4.